The summed E-state index contributed by atoms with van der Waals surface area (Å²) in [7, 11) is 1.40. The standard InChI is InChI=1S/C35H40FNO4/c1-6-20(2)7-13-30(37)23-15-21(3)34(22(4)16-23)27-10-12-29(36)35-28(27)11-14-31(35)41-25-8-9-26-24(17-33(38)39-5)19-40-32(26)18-25/h7,9-10,12-13,15-16,18,20,24-25,31,37H,6,8,11,14,17,19H2,1-5H3/b13-7-,37-30?. The van der Waals surface area contributed by atoms with E-state index in [1.807, 2.05) is 18.2 Å². The first-order chi connectivity index (χ1) is 19.7. The molecule has 41 heavy (non-hydrogen) atoms. The minimum atomic E-state index is -0.340. The van der Waals surface area contributed by atoms with Crippen LogP contribution in [0.2, 0.25) is 0 Å². The Kier molecular flexibility index (Phi) is 8.60. The fourth-order valence-corrected chi connectivity index (χ4v) is 6.30. The van der Waals surface area contributed by atoms with Crippen molar-refractivity contribution in [1.29, 1.82) is 5.41 Å². The van der Waals surface area contributed by atoms with Gasteiger partial charge in [-0.25, -0.2) is 4.39 Å². The summed E-state index contributed by atoms with van der Waals surface area (Å²) in [4.78, 5) is 11.8. The molecule has 0 bridgehead atoms. The molecule has 1 aliphatic heterocycles. The van der Waals surface area contributed by atoms with E-state index in [-0.39, 0.29) is 29.9 Å². The highest BCUT2D eigenvalue weighted by atomic mass is 19.1. The van der Waals surface area contributed by atoms with Gasteiger partial charge in [-0.3, -0.25) is 4.79 Å². The number of hydrogen-bond acceptors (Lipinski definition) is 5. The molecule has 2 aromatic rings. The van der Waals surface area contributed by atoms with Crippen molar-refractivity contribution in [3.63, 3.8) is 0 Å². The third kappa shape index (κ3) is 5.94. The van der Waals surface area contributed by atoms with Crippen LogP contribution in [0.5, 0.6) is 0 Å². The lowest BCUT2D eigenvalue weighted by atomic mass is 9.88. The van der Waals surface area contributed by atoms with Crippen LogP contribution < -0.4 is 0 Å². The summed E-state index contributed by atoms with van der Waals surface area (Å²) in [5.41, 5.74) is 8.40. The molecule has 2 aromatic carbocycles. The number of halogens is 1. The van der Waals surface area contributed by atoms with Crippen LogP contribution in [0.1, 0.15) is 73.5 Å². The summed E-state index contributed by atoms with van der Waals surface area (Å²) in [6, 6.07) is 7.59. The molecule has 0 spiro atoms. The van der Waals surface area contributed by atoms with Crippen molar-refractivity contribution >= 4 is 11.7 Å². The van der Waals surface area contributed by atoms with Crippen molar-refractivity contribution in [2.24, 2.45) is 11.8 Å². The maximum Gasteiger partial charge on any atom is 0.306 e. The first-order valence-corrected chi connectivity index (χ1v) is 14.7. The molecular weight excluding hydrogens is 517 g/mol. The fourth-order valence-electron chi connectivity index (χ4n) is 6.30. The Hall–Kier alpha value is -3.51. The molecule has 2 aliphatic carbocycles. The molecule has 6 heteroatoms. The number of carbonyl (C=O) groups excluding carboxylic acids is 1. The third-order valence-corrected chi connectivity index (χ3v) is 8.68. The molecule has 5 rings (SSSR count). The fraction of sp³-hybridized carbons (Fsp3) is 0.429. The van der Waals surface area contributed by atoms with Gasteiger partial charge in [0.25, 0.3) is 0 Å². The molecule has 4 atom stereocenters. The van der Waals surface area contributed by atoms with Crippen LogP contribution >= 0.6 is 0 Å². The van der Waals surface area contributed by atoms with Gasteiger partial charge in [0.15, 0.2) is 0 Å². The molecule has 3 aliphatic rings. The number of aryl methyl sites for hydroxylation is 2. The van der Waals surface area contributed by atoms with E-state index in [0.29, 0.717) is 43.1 Å². The SMILES string of the molecule is CCC(C)/C=C\C(=N)c1cc(C)c(-c2ccc(F)c3c2CCC3OC2C=C3OCC(CC(=O)OC)C3=CC2)c(C)c1. The zero-order chi connectivity index (χ0) is 29.3. The number of rotatable bonds is 9. The van der Waals surface area contributed by atoms with E-state index in [0.717, 1.165) is 57.6 Å². The van der Waals surface area contributed by atoms with E-state index < -0.39 is 0 Å². The van der Waals surface area contributed by atoms with Crippen molar-refractivity contribution in [3.05, 3.63) is 93.5 Å². The zero-order valence-electron chi connectivity index (χ0n) is 24.7. The van der Waals surface area contributed by atoms with E-state index in [9.17, 15) is 4.79 Å². The summed E-state index contributed by atoms with van der Waals surface area (Å²) in [5, 5.41) is 8.57. The number of carbonyl (C=O) groups is 1. The van der Waals surface area contributed by atoms with Crippen molar-refractivity contribution in [2.75, 3.05) is 13.7 Å². The topological polar surface area (TPSA) is 68.6 Å². The van der Waals surface area contributed by atoms with Gasteiger partial charge >= 0.3 is 5.97 Å². The molecule has 216 valence electrons. The lowest BCUT2D eigenvalue weighted by Crippen LogP contribution is -2.18. The molecule has 5 nitrogen and oxygen atoms in total. The summed E-state index contributed by atoms with van der Waals surface area (Å²) in [5.74, 6) is 0.721. The maximum atomic E-state index is 15.4. The van der Waals surface area contributed by atoms with Crippen LogP contribution in [0.4, 0.5) is 4.39 Å². The van der Waals surface area contributed by atoms with Crippen LogP contribution in [0.3, 0.4) is 0 Å². The predicted molar refractivity (Wildman–Crippen MR) is 160 cm³/mol. The first-order valence-electron chi connectivity index (χ1n) is 14.7. The minimum absolute atomic E-state index is 0.000572. The van der Waals surface area contributed by atoms with Gasteiger partial charge in [-0.1, -0.05) is 38.5 Å². The smallest absolute Gasteiger partial charge is 0.306 e. The van der Waals surface area contributed by atoms with Gasteiger partial charge < -0.3 is 19.6 Å². The Labute approximate surface area is 242 Å². The number of hydrogen-bond donors (Lipinski definition) is 1. The lowest BCUT2D eigenvalue weighted by Gasteiger charge is -2.24. The molecule has 0 amide bonds. The van der Waals surface area contributed by atoms with E-state index in [2.05, 4.69) is 52.0 Å². The van der Waals surface area contributed by atoms with Gasteiger partial charge in [0.05, 0.1) is 38.1 Å². The molecule has 1 N–H and O–H groups in total. The molecule has 0 radical (unpaired) electrons. The van der Waals surface area contributed by atoms with Crippen molar-refractivity contribution in [1.82, 2.24) is 0 Å². The summed E-state index contributed by atoms with van der Waals surface area (Å²) in [6.07, 6.45) is 10.9. The van der Waals surface area contributed by atoms with Gasteiger partial charge in [-0.2, -0.15) is 0 Å². The number of allylic oxidation sites excluding steroid dienone is 3. The predicted octanol–water partition coefficient (Wildman–Crippen LogP) is 7.88. The molecule has 0 aromatic heterocycles. The molecular formula is C35H40FNO4. The summed E-state index contributed by atoms with van der Waals surface area (Å²) < 4.78 is 32.5. The number of fused-ring (bicyclic) bond motifs is 2. The number of benzene rings is 2. The van der Waals surface area contributed by atoms with Crippen LogP contribution in [-0.4, -0.2) is 31.5 Å². The molecule has 1 heterocycles. The summed E-state index contributed by atoms with van der Waals surface area (Å²) in [6.45, 7) is 8.90. The maximum absolute atomic E-state index is 15.4. The molecule has 0 saturated carbocycles. The van der Waals surface area contributed by atoms with Gasteiger partial charge in [0, 0.05) is 11.5 Å². The molecule has 4 unspecified atom stereocenters. The monoisotopic (exact) mass is 557 g/mol. The van der Waals surface area contributed by atoms with E-state index in [4.69, 9.17) is 19.6 Å². The molecule has 1 fully saturated rings. The Morgan fingerprint density at radius 2 is 2.00 bits per heavy atom. The van der Waals surface area contributed by atoms with Crippen LogP contribution in [0, 0.1) is 36.9 Å². The lowest BCUT2D eigenvalue weighted by molar-refractivity contribution is -0.141. The zero-order valence-corrected chi connectivity index (χ0v) is 24.7. The van der Waals surface area contributed by atoms with E-state index >= 15 is 4.39 Å². The van der Waals surface area contributed by atoms with E-state index in [1.54, 1.807) is 6.07 Å². The van der Waals surface area contributed by atoms with Gasteiger partial charge in [-0.05, 0) is 108 Å². The van der Waals surface area contributed by atoms with Crippen LogP contribution in [0.15, 0.2) is 59.9 Å². The third-order valence-electron chi connectivity index (χ3n) is 8.68. The normalized spacial score (nSPS) is 22.0. The van der Waals surface area contributed by atoms with Gasteiger partial charge in [0.1, 0.15) is 11.6 Å². The largest absolute Gasteiger partial charge is 0.493 e. The van der Waals surface area contributed by atoms with Crippen molar-refractivity contribution in [2.45, 2.75) is 72.0 Å². The van der Waals surface area contributed by atoms with Crippen LogP contribution in [-0.2, 0) is 25.4 Å². The van der Waals surface area contributed by atoms with Gasteiger partial charge in [0.2, 0.25) is 0 Å². The Morgan fingerprint density at radius 3 is 2.71 bits per heavy atom. The minimum Gasteiger partial charge on any atom is -0.493 e. The Morgan fingerprint density at radius 1 is 1.24 bits per heavy atom. The molecule has 1 saturated heterocycles. The van der Waals surface area contributed by atoms with Crippen LogP contribution in [0.25, 0.3) is 11.1 Å². The second-order valence-electron chi connectivity index (χ2n) is 11.5. The van der Waals surface area contributed by atoms with Crippen molar-refractivity contribution < 1.29 is 23.4 Å². The number of esters is 1. The van der Waals surface area contributed by atoms with Gasteiger partial charge in [-0.15, -0.1) is 0 Å². The van der Waals surface area contributed by atoms with Crippen molar-refractivity contribution in [3.8, 4) is 11.1 Å². The Balaban J connectivity index is 1.36. The number of nitrogens with one attached hydrogen (secondary N) is 1. The highest BCUT2D eigenvalue weighted by molar-refractivity contribution is 6.07. The quantitative estimate of drug-likeness (QED) is 0.252. The Bertz CT molecular complexity index is 1430. The second-order valence-corrected chi connectivity index (χ2v) is 11.5. The average molecular weight is 558 g/mol. The highest BCUT2D eigenvalue weighted by Crippen LogP contribution is 2.45. The highest BCUT2D eigenvalue weighted by Gasteiger charge is 2.35. The summed E-state index contributed by atoms with van der Waals surface area (Å²) >= 11 is 0. The average Bonchev–Trinajstić information content (AvgIpc) is 3.56. The number of ether oxygens (including phenoxy) is 3. The van der Waals surface area contributed by atoms with E-state index in [1.165, 1.54) is 7.11 Å². The number of methoxy groups -OCH3 is 1. The first kappa shape index (κ1) is 29.0. The second kappa shape index (κ2) is 12.2.